The van der Waals surface area contributed by atoms with E-state index >= 15 is 0 Å². The monoisotopic (exact) mass is 632 g/mol. The fraction of sp³-hybridized carbons (Fsp3) is 0.400. The van der Waals surface area contributed by atoms with Crippen LogP contribution < -0.4 is 21.7 Å². The van der Waals surface area contributed by atoms with Crippen LogP contribution in [0, 0.1) is 0 Å². The van der Waals surface area contributed by atoms with E-state index in [0.717, 1.165) is 10.5 Å². The van der Waals surface area contributed by atoms with Gasteiger partial charge in [-0.3, -0.25) is 24.7 Å². The molecule has 0 aliphatic carbocycles. The second-order valence-corrected chi connectivity index (χ2v) is 10.2. The maximum Gasteiger partial charge on any atom is 0.471 e. The van der Waals surface area contributed by atoms with Crippen LogP contribution in [0.3, 0.4) is 0 Å². The van der Waals surface area contributed by atoms with Gasteiger partial charge in [0.15, 0.2) is 5.96 Å². The van der Waals surface area contributed by atoms with Crippen LogP contribution in [0.2, 0.25) is 0 Å². The van der Waals surface area contributed by atoms with E-state index in [-0.39, 0.29) is 56.9 Å². The van der Waals surface area contributed by atoms with Gasteiger partial charge in [-0.15, -0.1) is 0 Å². The lowest BCUT2D eigenvalue weighted by atomic mass is 9.83. The first-order valence-corrected chi connectivity index (χ1v) is 14.2. The Hall–Kier alpha value is -4.95. The molecule has 0 spiro atoms. The highest BCUT2D eigenvalue weighted by Gasteiger charge is 2.52. The van der Waals surface area contributed by atoms with Crippen molar-refractivity contribution in [3.8, 4) is 0 Å². The number of hydrogen-bond donors (Lipinski definition) is 4. The van der Waals surface area contributed by atoms with Crippen LogP contribution in [-0.2, 0) is 36.1 Å². The normalized spacial score (nSPS) is 16.8. The van der Waals surface area contributed by atoms with Crippen molar-refractivity contribution >= 4 is 36.1 Å². The summed E-state index contributed by atoms with van der Waals surface area (Å²) in [6, 6.07) is 14.5. The first-order valence-electron chi connectivity index (χ1n) is 14.2. The molecule has 5 N–H and O–H groups in total. The largest absolute Gasteiger partial charge is 0.471 e. The number of ether oxygens (including phenoxy) is 1. The molecule has 0 aromatic heterocycles. The molecule has 3 rings (SSSR count). The maximum absolute atomic E-state index is 13.7. The van der Waals surface area contributed by atoms with Gasteiger partial charge in [-0.1, -0.05) is 67.6 Å². The standard InChI is InChI=1S/C30H35F3N6O6/c1-2-29(21-12-7-4-8-13-21,38-25(42)30(31,32)33)26(43)39-17-15-23(39)24(41)36-22(18-40)14-9-16-35-27(34)37-28(44)45-19-20-10-5-3-6-11-20/h3-8,10-13,18,22-23H,2,9,14-17,19H2,1H3,(H,36,41)(H,38,42)(H3,34,35,37,44)/t22-,23-,29+/m0/s1. The number of halogens is 3. The molecular formula is C30H35F3N6O6. The minimum atomic E-state index is -5.24. The molecule has 0 saturated carbocycles. The second kappa shape index (κ2) is 15.7. The van der Waals surface area contributed by atoms with Crippen molar-refractivity contribution in [1.29, 1.82) is 0 Å². The van der Waals surface area contributed by atoms with Crippen LogP contribution in [0.15, 0.2) is 65.7 Å². The van der Waals surface area contributed by atoms with Gasteiger partial charge in [0.05, 0.1) is 6.04 Å². The Balaban J connectivity index is 1.55. The van der Waals surface area contributed by atoms with Gasteiger partial charge in [-0.05, 0) is 36.8 Å². The molecular weight excluding hydrogens is 597 g/mol. The van der Waals surface area contributed by atoms with Gasteiger partial charge in [0.1, 0.15) is 24.5 Å². The SMILES string of the molecule is CC[C@](NC(=O)C(F)(F)F)(C(=O)N1CC[C@H]1C(=O)N[C@H](C=O)CCCN=C(N)NC(=O)OCc1ccccc1)c1ccccc1. The zero-order valence-electron chi connectivity index (χ0n) is 24.5. The van der Waals surface area contributed by atoms with Crippen molar-refractivity contribution in [2.24, 2.45) is 10.7 Å². The third-order valence-electron chi connectivity index (χ3n) is 7.22. The van der Waals surface area contributed by atoms with E-state index in [1.807, 2.05) is 11.4 Å². The number of aliphatic imine (C=N–C) groups is 1. The average Bonchev–Trinajstić information content (AvgIpc) is 3.00. The number of nitrogens with one attached hydrogen (secondary N) is 3. The van der Waals surface area contributed by atoms with E-state index in [2.05, 4.69) is 15.6 Å². The molecule has 2 aromatic carbocycles. The molecule has 0 bridgehead atoms. The predicted molar refractivity (Wildman–Crippen MR) is 156 cm³/mol. The van der Waals surface area contributed by atoms with E-state index in [4.69, 9.17) is 10.5 Å². The van der Waals surface area contributed by atoms with Crippen LogP contribution in [0.1, 0.15) is 43.7 Å². The number of nitrogens with zero attached hydrogens (tertiary/aromatic N) is 2. The molecule has 3 atom stereocenters. The molecule has 242 valence electrons. The van der Waals surface area contributed by atoms with Crippen LogP contribution in [0.25, 0.3) is 0 Å². The summed E-state index contributed by atoms with van der Waals surface area (Å²) in [5.74, 6) is -4.02. The molecule has 12 nitrogen and oxygen atoms in total. The topological polar surface area (TPSA) is 172 Å². The predicted octanol–water partition coefficient (Wildman–Crippen LogP) is 2.28. The van der Waals surface area contributed by atoms with Gasteiger partial charge in [-0.25, -0.2) is 4.79 Å². The molecule has 0 radical (unpaired) electrons. The van der Waals surface area contributed by atoms with Crippen molar-refractivity contribution in [3.05, 3.63) is 71.8 Å². The summed E-state index contributed by atoms with van der Waals surface area (Å²) >= 11 is 0. The molecule has 1 aliphatic rings. The molecule has 45 heavy (non-hydrogen) atoms. The minimum Gasteiger partial charge on any atom is -0.444 e. The molecule has 0 unspecified atom stereocenters. The van der Waals surface area contributed by atoms with Crippen molar-refractivity contribution in [2.45, 2.75) is 63.0 Å². The van der Waals surface area contributed by atoms with Crippen molar-refractivity contribution in [3.63, 3.8) is 0 Å². The van der Waals surface area contributed by atoms with Crippen LogP contribution in [0.5, 0.6) is 0 Å². The summed E-state index contributed by atoms with van der Waals surface area (Å²) < 4.78 is 44.7. The number of likely N-dealkylation sites (tertiary alicyclic amines) is 1. The molecule has 15 heteroatoms. The van der Waals surface area contributed by atoms with E-state index in [1.54, 1.807) is 30.3 Å². The van der Waals surface area contributed by atoms with E-state index < -0.39 is 47.6 Å². The Morgan fingerprint density at radius 2 is 1.73 bits per heavy atom. The number of amides is 4. The molecule has 1 saturated heterocycles. The number of alkyl carbamates (subject to hydrolysis) is 1. The van der Waals surface area contributed by atoms with Gasteiger partial charge < -0.3 is 30.8 Å². The van der Waals surface area contributed by atoms with E-state index in [1.165, 1.54) is 31.2 Å². The number of carbonyl (C=O) groups is 5. The number of benzene rings is 2. The smallest absolute Gasteiger partial charge is 0.444 e. The second-order valence-electron chi connectivity index (χ2n) is 10.2. The van der Waals surface area contributed by atoms with E-state index in [0.29, 0.717) is 6.29 Å². The van der Waals surface area contributed by atoms with Crippen molar-refractivity contribution in [2.75, 3.05) is 13.1 Å². The zero-order valence-corrected chi connectivity index (χ0v) is 24.5. The Labute approximate surface area is 257 Å². The fourth-order valence-electron chi connectivity index (χ4n) is 4.70. The summed E-state index contributed by atoms with van der Waals surface area (Å²) in [4.78, 5) is 67.4. The maximum atomic E-state index is 13.7. The van der Waals surface area contributed by atoms with Gasteiger partial charge in [-0.2, -0.15) is 13.2 Å². The van der Waals surface area contributed by atoms with Crippen LogP contribution in [-0.4, -0.2) is 72.3 Å². The Morgan fingerprint density at radius 1 is 1.09 bits per heavy atom. The lowest BCUT2D eigenvalue weighted by Gasteiger charge is -2.46. The summed E-state index contributed by atoms with van der Waals surface area (Å²) in [6.45, 7) is 1.66. The quantitative estimate of drug-likeness (QED) is 0.114. The number of aldehydes is 1. The highest BCUT2D eigenvalue weighted by Crippen LogP contribution is 2.33. The molecule has 2 aromatic rings. The van der Waals surface area contributed by atoms with Crippen LogP contribution in [0.4, 0.5) is 18.0 Å². The molecule has 1 fully saturated rings. The third kappa shape index (κ3) is 9.27. The summed E-state index contributed by atoms with van der Waals surface area (Å²) in [5.41, 5.74) is 4.54. The van der Waals surface area contributed by atoms with Gasteiger partial charge in [0.2, 0.25) is 5.91 Å². The number of rotatable bonds is 13. The van der Waals surface area contributed by atoms with Crippen molar-refractivity contribution < 1.29 is 41.9 Å². The highest BCUT2D eigenvalue weighted by molar-refractivity contribution is 5.98. The Kier molecular flexibility index (Phi) is 12.0. The number of nitrogens with two attached hydrogens (primary N) is 1. The van der Waals surface area contributed by atoms with Gasteiger partial charge >= 0.3 is 18.2 Å². The van der Waals surface area contributed by atoms with Crippen LogP contribution >= 0.6 is 0 Å². The number of alkyl halides is 3. The summed E-state index contributed by atoms with van der Waals surface area (Å²) in [6.07, 6.45) is -5.10. The van der Waals surface area contributed by atoms with Gasteiger partial charge in [0, 0.05) is 13.1 Å². The summed E-state index contributed by atoms with van der Waals surface area (Å²) in [7, 11) is 0. The lowest BCUT2D eigenvalue weighted by molar-refractivity contribution is -0.178. The first-order chi connectivity index (χ1) is 21.4. The zero-order chi connectivity index (χ0) is 33.0. The Morgan fingerprint density at radius 3 is 2.29 bits per heavy atom. The highest BCUT2D eigenvalue weighted by atomic mass is 19.4. The van der Waals surface area contributed by atoms with Gasteiger partial charge in [0.25, 0.3) is 5.91 Å². The number of guanidine groups is 1. The Bertz CT molecular complexity index is 1380. The molecule has 4 amide bonds. The molecule has 1 heterocycles. The third-order valence-corrected chi connectivity index (χ3v) is 7.22. The number of hydrogen-bond acceptors (Lipinski definition) is 7. The first kappa shape index (κ1) is 34.5. The van der Waals surface area contributed by atoms with E-state index in [9.17, 15) is 37.1 Å². The summed E-state index contributed by atoms with van der Waals surface area (Å²) in [5, 5.41) is 6.69. The average molecular weight is 633 g/mol. The number of carbonyl (C=O) groups excluding carboxylic acids is 5. The van der Waals surface area contributed by atoms with Crippen molar-refractivity contribution in [1.82, 2.24) is 20.9 Å². The lowest BCUT2D eigenvalue weighted by Crippen LogP contribution is -2.67. The fourth-order valence-corrected chi connectivity index (χ4v) is 4.70. The minimum absolute atomic E-state index is 0.0402. The molecule has 1 aliphatic heterocycles.